The van der Waals surface area contributed by atoms with E-state index in [1.807, 2.05) is 13.0 Å². The molecule has 0 aliphatic carbocycles. The first-order chi connectivity index (χ1) is 10.1. The molecule has 3 rings (SSSR count). The SMILES string of the molecule is Cc1ccc(N)cc1-c1nnnn1-c1ccc(Cl)c(F)c1. The molecule has 106 valence electrons. The second kappa shape index (κ2) is 5.14. The number of aromatic nitrogens is 4. The smallest absolute Gasteiger partial charge is 0.187 e. The molecule has 3 aromatic rings. The fourth-order valence-corrected chi connectivity index (χ4v) is 2.14. The van der Waals surface area contributed by atoms with Gasteiger partial charge in [-0.15, -0.1) is 5.10 Å². The summed E-state index contributed by atoms with van der Waals surface area (Å²) in [4.78, 5) is 0. The van der Waals surface area contributed by atoms with E-state index < -0.39 is 5.82 Å². The highest BCUT2D eigenvalue weighted by Crippen LogP contribution is 2.26. The Kier molecular flexibility index (Phi) is 3.31. The highest BCUT2D eigenvalue weighted by molar-refractivity contribution is 6.30. The summed E-state index contributed by atoms with van der Waals surface area (Å²) in [6.07, 6.45) is 0. The average Bonchev–Trinajstić information content (AvgIpc) is 2.93. The van der Waals surface area contributed by atoms with Gasteiger partial charge in [0.1, 0.15) is 5.82 Å². The van der Waals surface area contributed by atoms with Crippen LogP contribution < -0.4 is 5.73 Å². The molecule has 21 heavy (non-hydrogen) atoms. The van der Waals surface area contributed by atoms with Gasteiger partial charge in [-0.05, 0) is 47.2 Å². The second-order valence-corrected chi connectivity index (χ2v) is 4.99. The number of nitrogen functional groups attached to an aromatic ring is 1. The maximum Gasteiger partial charge on any atom is 0.187 e. The van der Waals surface area contributed by atoms with Crippen LogP contribution in [0.1, 0.15) is 5.56 Å². The number of nitrogens with two attached hydrogens (primary N) is 1. The Morgan fingerprint density at radius 3 is 2.76 bits per heavy atom. The van der Waals surface area contributed by atoms with Gasteiger partial charge >= 0.3 is 0 Å². The molecule has 0 spiro atoms. The molecule has 0 atom stereocenters. The van der Waals surface area contributed by atoms with Gasteiger partial charge in [-0.2, -0.15) is 4.68 Å². The van der Waals surface area contributed by atoms with Crippen molar-refractivity contribution in [3.63, 3.8) is 0 Å². The van der Waals surface area contributed by atoms with Crippen molar-refractivity contribution in [2.75, 3.05) is 5.73 Å². The zero-order chi connectivity index (χ0) is 15.0. The molecule has 0 fully saturated rings. The maximum absolute atomic E-state index is 13.6. The van der Waals surface area contributed by atoms with E-state index in [-0.39, 0.29) is 5.02 Å². The standard InChI is InChI=1S/C14H11ClFN5/c1-8-2-3-9(17)6-11(8)14-18-19-20-21(14)10-4-5-12(15)13(16)7-10/h2-7H,17H2,1H3. The van der Waals surface area contributed by atoms with E-state index in [1.165, 1.54) is 16.8 Å². The topological polar surface area (TPSA) is 69.6 Å². The number of rotatable bonds is 2. The highest BCUT2D eigenvalue weighted by atomic mass is 35.5. The van der Waals surface area contributed by atoms with Crippen LogP contribution in [0.25, 0.3) is 17.1 Å². The Bertz CT molecular complexity index is 815. The number of nitrogens with zero attached hydrogens (tertiary/aromatic N) is 4. The average molecular weight is 304 g/mol. The van der Waals surface area contributed by atoms with Gasteiger partial charge in [-0.25, -0.2) is 4.39 Å². The number of hydrogen-bond donors (Lipinski definition) is 1. The van der Waals surface area contributed by atoms with Crippen LogP contribution >= 0.6 is 11.6 Å². The number of halogens is 2. The van der Waals surface area contributed by atoms with Crippen LogP contribution in [0.3, 0.4) is 0 Å². The molecular formula is C14H11ClFN5. The van der Waals surface area contributed by atoms with Gasteiger partial charge in [0, 0.05) is 17.3 Å². The third-order valence-corrected chi connectivity index (χ3v) is 3.43. The van der Waals surface area contributed by atoms with Gasteiger partial charge in [-0.3, -0.25) is 0 Å². The number of hydrogen-bond acceptors (Lipinski definition) is 4. The molecule has 0 aliphatic heterocycles. The first-order valence-electron chi connectivity index (χ1n) is 6.16. The molecule has 0 aliphatic rings. The summed E-state index contributed by atoms with van der Waals surface area (Å²) in [5.74, 6) is -0.0403. The van der Waals surface area contributed by atoms with Gasteiger partial charge in [-0.1, -0.05) is 17.7 Å². The molecular weight excluding hydrogens is 293 g/mol. The molecule has 7 heteroatoms. The molecule has 2 aromatic carbocycles. The number of aryl methyl sites for hydroxylation is 1. The molecule has 0 radical (unpaired) electrons. The molecule has 0 unspecified atom stereocenters. The van der Waals surface area contributed by atoms with Crippen LogP contribution in [0.2, 0.25) is 5.02 Å². The molecule has 2 N–H and O–H groups in total. The molecule has 0 saturated heterocycles. The molecule has 1 aromatic heterocycles. The van der Waals surface area contributed by atoms with E-state index in [4.69, 9.17) is 17.3 Å². The van der Waals surface area contributed by atoms with Crippen LogP contribution in [0.4, 0.5) is 10.1 Å². The fraction of sp³-hybridized carbons (Fsp3) is 0.0714. The minimum Gasteiger partial charge on any atom is -0.399 e. The lowest BCUT2D eigenvalue weighted by atomic mass is 10.1. The summed E-state index contributed by atoms with van der Waals surface area (Å²) >= 11 is 5.69. The first-order valence-corrected chi connectivity index (χ1v) is 6.54. The third kappa shape index (κ3) is 2.45. The normalized spacial score (nSPS) is 10.8. The van der Waals surface area contributed by atoms with Crippen LogP contribution in [-0.2, 0) is 0 Å². The van der Waals surface area contributed by atoms with E-state index in [2.05, 4.69) is 15.5 Å². The zero-order valence-electron chi connectivity index (χ0n) is 11.1. The predicted molar refractivity (Wildman–Crippen MR) is 78.7 cm³/mol. The third-order valence-electron chi connectivity index (χ3n) is 3.12. The van der Waals surface area contributed by atoms with Crippen LogP contribution in [0.5, 0.6) is 0 Å². The van der Waals surface area contributed by atoms with Crippen LogP contribution in [0, 0.1) is 12.7 Å². The summed E-state index contributed by atoms with van der Waals surface area (Å²) in [6, 6.07) is 9.85. The lowest BCUT2D eigenvalue weighted by molar-refractivity contribution is 0.625. The van der Waals surface area contributed by atoms with Crippen molar-refractivity contribution >= 4 is 17.3 Å². The van der Waals surface area contributed by atoms with E-state index in [1.54, 1.807) is 18.2 Å². The van der Waals surface area contributed by atoms with Gasteiger partial charge in [0.05, 0.1) is 10.7 Å². The molecule has 0 bridgehead atoms. The molecule has 0 amide bonds. The van der Waals surface area contributed by atoms with E-state index in [0.717, 1.165) is 11.1 Å². The van der Waals surface area contributed by atoms with Crippen molar-refractivity contribution in [1.29, 1.82) is 0 Å². The summed E-state index contributed by atoms with van der Waals surface area (Å²) in [5.41, 5.74) is 8.65. The fourth-order valence-electron chi connectivity index (χ4n) is 2.03. The van der Waals surface area contributed by atoms with Crippen molar-refractivity contribution in [2.45, 2.75) is 6.92 Å². The second-order valence-electron chi connectivity index (χ2n) is 4.59. The predicted octanol–water partition coefficient (Wildman–Crippen LogP) is 3.01. The van der Waals surface area contributed by atoms with Gasteiger partial charge in [0.15, 0.2) is 5.82 Å². The Labute approximate surface area is 125 Å². The highest BCUT2D eigenvalue weighted by Gasteiger charge is 2.14. The lowest BCUT2D eigenvalue weighted by Crippen LogP contribution is -2.02. The molecule has 1 heterocycles. The minimum atomic E-state index is -0.528. The largest absolute Gasteiger partial charge is 0.399 e. The van der Waals surface area contributed by atoms with E-state index in [9.17, 15) is 4.39 Å². The summed E-state index contributed by atoms with van der Waals surface area (Å²) in [7, 11) is 0. The Hall–Kier alpha value is -2.47. The number of tetrazole rings is 1. The lowest BCUT2D eigenvalue weighted by Gasteiger charge is -2.08. The van der Waals surface area contributed by atoms with Crippen molar-refractivity contribution in [3.05, 3.63) is 52.8 Å². The number of anilines is 1. The minimum absolute atomic E-state index is 0.0495. The molecule has 5 nitrogen and oxygen atoms in total. The Balaban J connectivity index is 2.17. The van der Waals surface area contributed by atoms with Crippen LogP contribution in [-0.4, -0.2) is 20.2 Å². The van der Waals surface area contributed by atoms with E-state index >= 15 is 0 Å². The van der Waals surface area contributed by atoms with Gasteiger partial charge in [0.25, 0.3) is 0 Å². The van der Waals surface area contributed by atoms with E-state index in [0.29, 0.717) is 17.2 Å². The van der Waals surface area contributed by atoms with Gasteiger partial charge < -0.3 is 5.73 Å². The summed E-state index contributed by atoms with van der Waals surface area (Å²) < 4.78 is 15.1. The van der Waals surface area contributed by atoms with Crippen molar-refractivity contribution in [1.82, 2.24) is 20.2 Å². The summed E-state index contributed by atoms with van der Waals surface area (Å²) in [6.45, 7) is 1.93. The van der Waals surface area contributed by atoms with Gasteiger partial charge in [0.2, 0.25) is 0 Å². The summed E-state index contributed by atoms with van der Waals surface area (Å²) in [5, 5.41) is 11.6. The first kappa shape index (κ1) is 13.5. The number of benzene rings is 2. The zero-order valence-corrected chi connectivity index (χ0v) is 11.8. The Morgan fingerprint density at radius 1 is 1.19 bits per heavy atom. The van der Waals surface area contributed by atoms with Crippen molar-refractivity contribution in [2.24, 2.45) is 0 Å². The van der Waals surface area contributed by atoms with Crippen molar-refractivity contribution < 1.29 is 4.39 Å². The monoisotopic (exact) mass is 303 g/mol. The quantitative estimate of drug-likeness (QED) is 0.739. The van der Waals surface area contributed by atoms with Crippen LogP contribution in [0.15, 0.2) is 36.4 Å². The molecule has 0 saturated carbocycles. The Morgan fingerprint density at radius 2 is 2.00 bits per heavy atom. The van der Waals surface area contributed by atoms with Crippen molar-refractivity contribution in [3.8, 4) is 17.1 Å². The maximum atomic E-state index is 13.6.